The molecule has 0 amide bonds. The maximum Gasteiger partial charge on any atom is 0.416 e. The summed E-state index contributed by atoms with van der Waals surface area (Å²) in [5.74, 6) is 0.268. The van der Waals surface area contributed by atoms with Gasteiger partial charge in [-0.3, -0.25) is 4.79 Å². The topological polar surface area (TPSA) is 20.9 Å². The van der Waals surface area contributed by atoms with Crippen molar-refractivity contribution in [2.45, 2.75) is 127 Å². The number of Topliss-reactive ketones (excluding diaryl/α,β-unsaturated/α-hetero) is 1. The quantitative estimate of drug-likeness (QED) is 0.0293. The normalized spacial score (nSPS) is 13.2. The number of carbonyl (C=O) groups excluding carboxylic acids is 1. The minimum absolute atomic E-state index is 0.268. The predicted octanol–water partition coefficient (Wildman–Crippen LogP) is 17.3. The molecule has 0 bridgehead atoms. The van der Waals surface area contributed by atoms with Crippen LogP contribution in [0.4, 0.5) is 105 Å². The third-order valence-electron chi connectivity index (χ3n) is 13.4. The van der Waals surface area contributed by atoms with Crippen molar-refractivity contribution in [3.8, 4) is 0 Å². The fourth-order valence-corrected chi connectivity index (χ4v) is 9.44. The zero-order valence-electron chi connectivity index (χ0n) is 42.9. The minimum atomic E-state index is -6.13. The highest BCUT2D eigenvalue weighted by molar-refractivity contribution is 7.20. The number of ketones is 1. The van der Waals surface area contributed by atoms with Gasteiger partial charge in [0.15, 0.2) is 12.7 Å². The first-order chi connectivity index (χ1) is 38.1. The molecule has 0 saturated heterocycles. The number of hydrogen-bond donors (Lipinski definition) is 0. The van der Waals surface area contributed by atoms with Crippen LogP contribution in [0.3, 0.4) is 0 Å². The fraction of sp³-hybridized carbons (Fsp3) is 0.357. The van der Waals surface area contributed by atoms with Gasteiger partial charge in [0.1, 0.15) is 6.15 Å². The van der Waals surface area contributed by atoms with Crippen LogP contribution in [-0.2, 0) is 56.0 Å². The van der Waals surface area contributed by atoms with Gasteiger partial charge in [-0.15, -0.1) is 0 Å². The van der Waals surface area contributed by atoms with E-state index in [-0.39, 0.29) is 5.78 Å². The van der Waals surface area contributed by atoms with Gasteiger partial charge in [0, 0.05) is 24.1 Å². The summed E-state index contributed by atoms with van der Waals surface area (Å²) >= 11 is 0. The zero-order valence-corrected chi connectivity index (χ0v) is 42.9. The average molecular weight is 1220 g/mol. The molecule has 452 valence electrons. The van der Waals surface area contributed by atoms with Crippen LogP contribution in [0.25, 0.3) is 0 Å². The summed E-state index contributed by atoms with van der Waals surface area (Å²) in [5, 5.41) is 0. The van der Waals surface area contributed by atoms with E-state index in [0.29, 0.717) is 6.42 Å². The molecule has 0 spiro atoms. The molecule has 0 aliphatic heterocycles. The predicted molar refractivity (Wildman–Crippen MR) is 258 cm³/mol. The number of pyridine rings is 1. The number of hydrogen-bond acceptors (Lipinski definition) is 1. The molecular formula is C56H46BF24NO. The molecule has 6 rings (SSSR count). The molecule has 0 aliphatic carbocycles. The molecule has 0 radical (unpaired) electrons. The highest BCUT2D eigenvalue weighted by Crippen LogP contribution is 2.41. The van der Waals surface area contributed by atoms with Crippen LogP contribution in [0.15, 0.2) is 128 Å². The van der Waals surface area contributed by atoms with Crippen LogP contribution in [0.5, 0.6) is 0 Å². The van der Waals surface area contributed by atoms with E-state index in [1.807, 2.05) is 42.6 Å². The van der Waals surface area contributed by atoms with Crippen molar-refractivity contribution in [1.29, 1.82) is 0 Å². The Morgan fingerprint density at radius 2 is 0.614 bits per heavy atom. The Morgan fingerprint density at radius 3 is 0.892 bits per heavy atom. The molecule has 0 fully saturated rings. The summed E-state index contributed by atoms with van der Waals surface area (Å²) < 4.78 is 343. The summed E-state index contributed by atoms with van der Waals surface area (Å²) in [5.41, 5.74) is -28.2. The molecule has 83 heavy (non-hydrogen) atoms. The molecule has 1 heterocycles. The van der Waals surface area contributed by atoms with Gasteiger partial charge in [-0.2, -0.15) is 132 Å². The van der Waals surface area contributed by atoms with Gasteiger partial charge in [-0.05, 0) is 36.8 Å². The minimum Gasteiger partial charge on any atom is -0.287 e. The van der Waals surface area contributed by atoms with E-state index >= 15 is 0 Å². The van der Waals surface area contributed by atoms with Crippen LogP contribution in [0, 0.1) is 0 Å². The van der Waals surface area contributed by atoms with Crippen LogP contribution in [-0.4, -0.2) is 11.9 Å². The van der Waals surface area contributed by atoms with Gasteiger partial charge in [-0.1, -0.05) is 137 Å². The Kier molecular flexibility index (Phi) is 20.7. The maximum absolute atomic E-state index is 14.2. The Morgan fingerprint density at radius 1 is 0.349 bits per heavy atom. The van der Waals surface area contributed by atoms with Crippen LogP contribution in [0.2, 0.25) is 0 Å². The Labute approximate surface area is 458 Å². The molecule has 0 unspecified atom stereocenters. The molecule has 0 saturated carbocycles. The van der Waals surface area contributed by atoms with Crippen molar-refractivity contribution < 1.29 is 115 Å². The maximum atomic E-state index is 14.2. The van der Waals surface area contributed by atoms with E-state index in [0.717, 1.165) is 18.7 Å². The third kappa shape index (κ3) is 17.7. The number of aromatic nitrogens is 1. The Bertz CT molecular complexity index is 2710. The fourth-order valence-electron chi connectivity index (χ4n) is 9.44. The number of alkyl halides is 24. The largest absolute Gasteiger partial charge is 0.416 e. The third-order valence-corrected chi connectivity index (χ3v) is 13.4. The molecule has 0 atom stereocenters. The second-order valence-electron chi connectivity index (χ2n) is 19.4. The molecule has 0 N–H and O–H groups in total. The zero-order chi connectivity index (χ0) is 62.4. The number of nitrogens with zero attached hydrogens (tertiary/aromatic N) is 1. The average Bonchev–Trinajstić information content (AvgIpc) is 2.29. The summed E-state index contributed by atoms with van der Waals surface area (Å²) in [6.45, 7) is 3.01. The van der Waals surface area contributed by atoms with Gasteiger partial charge in [0.25, 0.3) is 0 Å². The lowest BCUT2D eigenvalue weighted by molar-refractivity contribution is -0.690. The molecular weight excluding hydrogens is 1170 g/mol. The van der Waals surface area contributed by atoms with E-state index in [2.05, 4.69) is 23.6 Å². The van der Waals surface area contributed by atoms with Gasteiger partial charge in [0.2, 0.25) is 11.5 Å². The first-order valence-corrected chi connectivity index (χ1v) is 25.0. The molecule has 0 aliphatic rings. The summed E-state index contributed by atoms with van der Waals surface area (Å²) in [4.78, 5) is 12.6. The summed E-state index contributed by atoms with van der Waals surface area (Å²) in [6.07, 6.45) is -40.6. The van der Waals surface area contributed by atoms with Crippen LogP contribution >= 0.6 is 0 Å². The Balaban J connectivity index is 0.000000403. The number of rotatable bonds is 17. The second kappa shape index (κ2) is 25.7. The lowest BCUT2D eigenvalue weighted by Crippen LogP contribution is -2.75. The summed E-state index contributed by atoms with van der Waals surface area (Å²) in [6, 6.07) is 7.43. The second-order valence-corrected chi connectivity index (χ2v) is 19.4. The summed E-state index contributed by atoms with van der Waals surface area (Å²) in [7, 11) is 0. The first-order valence-electron chi connectivity index (χ1n) is 25.0. The van der Waals surface area contributed by atoms with Gasteiger partial charge < -0.3 is 0 Å². The van der Waals surface area contributed by atoms with Crippen LogP contribution in [0.1, 0.15) is 132 Å². The van der Waals surface area contributed by atoms with E-state index in [1.165, 1.54) is 56.9 Å². The standard InChI is InChI=1S/C32H12BF24.C24H34NO/c34-25(35,36)13-1-14(26(37,38)39)6-21(5-13)33(22-7-15(27(40,41)42)2-16(8-22)28(43,44)45,23-9-17(29(46,47)48)3-18(10-23)30(49,50)51)24-11-19(31(52,53)54)4-20(12-24)32(55,56)57;1-2-3-4-5-6-7-8-9-13-19-24(26)23-18-14-15-20-25(23)21-22-16-11-10-12-17-22/h1-12H;10-12,14-18,20H,2-9,13,19,21H2,1H3/q-1;+1. The van der Waals surface area contributed by atoms with Gasteiger partial charge in [0.05, 0.1) is 44.5 Å². The number of benzene rings is 5. The van der Waals surface area contributed by atoms with Crippen molar-refractivity contribution in [3.05, 3.63) is 183 Å². The highest BCUT2D eigenvalue weighted by Gasteiger charge is 2.47. The molecule has 5 aromatic carbocycles. The van der Waals surface area contributed by atoms with E-state index in [9.17, 15) is 110 Å². The van der Waals surface area contributed by atoms with Gasteiger partial charge in [-0.25, -0.2) is 0 Å². The number of halogens is 24. The molecule has 1 aromatic heterocycles. The number of carbonyl (C=O) groups is 1. The van der Waals surface area contributed by atoms with Crippen molar-refractivity contribution >= 4 is 33.8 Å². The van der Waals surface area contributed by atoms with Crippen molar-refractivity contribution in [1.82, 2.24) is 0 Å². The van der Waals surface area contributed by atoms with Crippen molar-refractivity contribution in [2.24, 2.45) is 0 Å². The smallest absolute Gasteiger partial charge is 0.287 e. The van der Waals surface area contributed by atoms with Crippen LogP contribution < -0.4 is 26.4 Å². The van der Waals surface area contributed by atoms with E-state index < -0.39 is 195 Å². The molecule has 2 nitrogen and oxygen atoms in total. The lowest BCUT2D eigenvalue weighted by Gasteiger charge is -2.46. The lowest BCUT2D eigenvalue weighted by atomic mass is 9.12. The van der Waals surface area contributed by atoms with Crippen molar-refractivity contribution in [3.63, 3.8) is 0 Å². The van der Waals surface area contributed by atoms with E-state index in [1.54, 1.807) is 0 Å². The SMILES string of the molecule is CCCCCCCCCCCC(=O)c1cccc[n+]1Cc1ccccc1.FC(F)(F)c1cc([B-](c2cc(C(F)(F)F)cc(C(F)(F)F)c2)(c2cc(C(F)(F)F)cc(C(F)(F)F)c2)c2cc(C(F)(F)F)cc(C(F)(F)F)c2)cc(C(F)(F)F)c1. The van der Waals surface area contributed by atoms with Crippen molar-refractivity contribution in [2.75, 3.05) is 0 Å². The number of unbranched alkanes of at least 4 members (excludes halogenated alkanes) is 8. The molecule has 6 aromatic rings. The molecule has 27 heteroatoms. The van der Waals surface area contributed by atoms with E-state index in [4.69, 9.17) is 0 Å². The van der Waals surface area contributed by atoms with Gasteiger partial charge >= 0.3 is 49.4 Å². The highest BCUT2D eigenvalue weighted by atomic mass is 19.4. The first kappa shape index (κ1) is 67.1. The Hall–Kier alpha value is -6.70. The monoisotopic (exact) mass is 1220 g/mol.